The fourth-order valence-electron chi connectivity index (χ4n) is 3.44. The first-order valence-corrected chi connectivity index (χ1v) is 8.91. The molecule has 0 amide bonds. The lowest BCUT2D eigenvalue weighted by Gasteiger charge is -2.41. The van der Waals surface area contributed by atoms with E-state index in [0.29, 0.717) is 6.04 Å². The predicted octanol–water partition coefficient (Wildman–Crippen LogP) is 1.63. The van der Waals surface area contributed by atoms with Gasteiger partial charge in [-0.15, -0.1) is 0 Å². The number of hydrogen-bond donors (Lipinski definition) is 1. The number of rotatable bonds is 6. The zero-order valence-electron chi connectivity index (χ0n) is 11.8. The minimum Gasteiger partial charge on any atom is -0.329 e. The van der Waals surface area contributed by atoms with Crippen LogP contribution in [0.2, 0.25) is 0 Å². The van der Waals surface area contributed by atoms with E-state index in [2.05, 4.69) is 16.1 Å². The lowest BCUT2D eigenvalue weighted by atomic mass is 10.1. The van der Waals surface area contributed by atoms with E-state index in [-0.39, 0.29) is 0 Å². The third-order valence-corrected chi connectivity index (χ3v) is 5.28. The molecule has 0 spiro atoms. The Labute approximate surface area is 116 Å². The van der Waals surface area contributed by atoms with Crippen molar-refractivity contribution in [2.75, 3.05) is 44.7 Å². The molecule has 1 saturated carbocycles. The standard InChI is InChI=1S/C14H29N3S/c1-18-11-6-14(12-15)17-9-7-16(8-10-17)13-4-2-3-5-13/h13-14H,2-12,15H2,1H3. The van der Waals surface area contributed by atoms with E-state index in [0.717, 1.165) is 12.6 Å². The minimum atomic E-state index is 0.614. The smallest absolute Gasteiger partial charge is 0.0227 e. The van der Waals surface area contributed by atoms with Crippen LogP contribution in [0.4, 0.5) is 0 Å². The highest BCUT2D eigenvalue weighted by molar-refractivity contribution is 7.98. The normalized spacial score (nSPS) is 25.7. The first-order chi connectivity index (χ1) is 8.85. The van der Waals surface area contributed by atoms with Crippen LogP contribution in [0.25, 0.3) is 0 Å². The Morgan fingerprint density at radius 3 is 2.39 bits per heavy atom. The van der Waals surface area contributed by atoms with Gasteiger partial charge in [-0.2, -0.15) is 11.8 Å². The Kier molecular flexibility index (Phi) is 6.29. The quantitative estimate of drug-likeness (QED) is 0.796. The zero-order chi connectivity index (χ0) is 12.8. The minimum absolute atomic E-state index is 0.614. The number of nitrogens with zero attached hydrogens (tertiary/aromatic N) is 2. The van der Waals surface area contributed by atoms with Gasteiger partial charge in [-0.05, 0) is 31.3 Å². The molecule has 0 radical (unpaired) electrons. The zero-order valence-corrected chi connectivity index (χ0v) is 12.6. The molecule has 2 rings (SSSR count). The summed E-state index contributed by atoms with van der Waals surface area (Å²) < 4.78 is 0. The first kappa shape index (κ1) is 14.6. The molecule has 0 aromatic carbocycles. The van der Waals surface area contributed by atoms with Gasteiger partial charge in [0.15, 0.2) is 0 Å². The average molecular weight is 271 g/mol. The fraction of sp³-hybridized carbons (Fsp3) is 1.00. The van der Waals surface area contributed by atoms with Gasteiger partial charge in [0.2, 0.25) is 0 Å². The van der Waals surface area contributed by atoms with Crippen molar-refractivity contribution in [3.8, 4) is 0 Å². The van der Waals surface area contributed by atoms with Crippen LogP contribution in [-0.2, 0) is 0 Å². The molecule has 1 aliphatic carbocycles. The molecule has 1 heterocycles. The molecule has 2 aliphatic rings. The van der Waals surface area contributed by atoms with E-state index in [9.17, 15) is 0 Å². The third-order valence-electron chi connectivity index (χ3n) is 4.63. The Morgan fingerprint density at radius 1 is 1.17 bits per heavy atom. The average Bonchev–Trinajstić information content (AvgIpc) is 2.94. The molecule has 0 aromatic rings. The molecule has 1 aliphatic heterocycles. The Morgan fingerprint density at radius 2 is 1.83 bits per heavy atom. The molecule has 2 N–H and O–H groups in total. The van der Waals surface area contributed by atoms with E-state index in [4.69, 9.17) is 5.73 Å². The van der Waals surface area contributed by atoms with Crippen LogP contribution in [0.3, 0.4) is 0 Å². The molecule has 1 unspecified atom stereocenters. The lowest BCUT2D eigenvalue weighted by Crippen LogP contribution is -2.54. The van der Waals surface area contributed by atoms with Gasteiger partial charge in [-0.25, -0.2) is 0 Å². The highest BCUT2D eigenvalue weighted by Crippen LogP contribution is 2.24. The summed E-state index contributed by atoms with van der Waals surface area (Å²) in [6.45, 7) is 5.81. The Bertz CT molecular complexity index is 223. The second-order valence-corrected chi connectivity index (χ2v) is 6.67. The maximum atomic E-state index is 5.94. The molecule has 18 heavy (non-hydrogen) atoms. The van der Waals surface area contributed by atoms with Crippen molar-refractivity contribution in [3.63, 3.8) is 0 Å². The first-order valence-electron chi connectivity index (χ1n) is 7.52. The summed E-state index contributed by atoms with van der Waals surface area (Å²) >= 11 is 1.94. The van der Waals surface area contributed by atoms with Gasteiger partial charge in [0.05, 0.1) is 0 Å². The van der Waals surface area contributed by atoms with E-state index >= 15 is 0 Å². The van der Waals surface area contributed by atoms with Crippen molar-refractivity contribution < 1.29 is 0 Å². The van der Waals surface area contributed by atoms with E-state index < -0.39 is 0 Å². The maximum absolute atomic E-state index is 5.94. The van der Waals surface area contributed by atoms with Crippen LogP contribution in [-0.4, -0.2) is 66.6 Å². The molecule has 1 saturated heterocycles. The molecule has 1 atom stereocenters. The SMILES string of the molecule is CSCCC(CN)N1CCN(C2CCCC2)CC1. The second kappa shape index (κ2) is 7.73. The molecule has 106 valence electrons. The van der Waals surface area contributed by atoms with E-state index in [1.54, 1.807) is 0 Å². The molecular weight excluding hydrogens is 242 g/mol. The van der Waals surface area contributed by atoms with Crippen molar-refractivity contribution in [3.05, 3.63) is 0 Å². The van der Waals surface area contributed by atoms with E-state index in [1.807, 2.05) is 11.8 Å². The summed E-state index contributed by atoms with van der Waals surface area (Å²) in [6.07, 6.45) is 9.21. The Balaban J connectivity index is 1.74. The van der Waals surface area contributed by atoms with Crippen LogP contribution in [0.5, 0.6) is 0 Å². The number of hydrogen-bond acceptors (Lipinski definition) is 4. The van der Waals surface area contributed by atoms with Crippen LogP contribution in [0, 0.1) is 0 Å². The van der Waals surface area contributed by atoms with Crippen molar-refractivity contribution in [1.82, 2.24) is 9.80 Å². The van der Waals surface area contributed by atoms with Gasteiger partial charge in [-0.1, -0.05) is 12.8 Å². The maximum Gasteiger partial charge on any atom is 0.0227 e. The summed E-state index contributed by atoms with van der Waals surface area (Å²) in [5.41, 5.74) is 5.94. The molecule has 4 heteroatoms. The molecule has 0 bridgehead atoms. The summed E-state index contributed by atoms with van der Waals surface area (Å²) in [5.74, 6) is 1.24. The molecule has 0 aromatic heterocycles. The van der Waals surface area contributed by atoms with Gasteiger partial charge in [-0.3, -0.25) is 9.80 Å². The highest BCUT2D eigenvalue weighted by Gasteiger charge is 2.28. The van der Waals surface area contributed by atoms with Crippen LogP contribution in [0.1, 0.15) is 32.1 Å². The monoisotopic (exact) mass is 271 g/mol. The largest absolute Gasteiger partial charge is 0.329 e. The Hall–Kier alpha value is 0.230. The molecular formula is C14H29N3S. The summed E-state index contributed by atoms with van der Waals surface area (Å²) in [7, 11) is 0. The van der Waals surface area contributed by atoms with Crippen molar-refractivity contribution >= 4 is 11.8 Å². The van der Waals surface area contributed by atoms with E-state index in [1.165, 1.54) is 64.0 Å². The predicted molar refractivity (Wildman–Crippen MR) is 81.2 cm³/mol. The summed E-state index contributed by atoms with van der Waals surface area (Å²) in [5, 5.41) is 0. The van der Waals surface area contributed by atoms with Crippen molar-refractivity contribution in [1.29, 1.82) is 0 Å². The van der Waals surface area contributed by atoms with Gasteiger partial charge < -0.3 is 5.73 Å². The van der Waals surface area contributed by atoms with Gasteiger partial charge in [0.1, 0.15) is 0 Å². The third kappa shape index (κ3) is 3.86. The van der Waals surface area contributed by atoms with Gasteiger partial charge in [0, 0.05) is 44.8 Å². The van der Waals surface area contributed by atoms with Gasteiger partial charge in [0.25, 0.3) is 0 Å². The fourth-order valence-corrected chi connectivity index (χ4v) is 3.95. The van der Waals surface area contributed by atoms with Crippen molar-refractivity contribution in [2.24, 2.45) is 5.73 Å². The molecule has 3 nitrogen and oxygen atoms in total. The number of thioether (sulfide) groups is 1. The highest BCUT2D eigenvalue weighted by atomic mass is 32.2. The van der Waals surface area contributed by atoms with Crippen LogP contribution in [0.15, 0.2) is 0 Å². The molecule has 2 fully saturated rings. The van der Waals surface area contributed by atoms with Crippen LogP contribution >= 0.6 is 11.8 Å². The lowest BCUT2D eigenvalue weighted by molar-refractivity contribution is 0.0716. The second-order valence-electron chi connectivity index (χ2n) is 5.68. The topological polar surface area (TPSA) is 32.5 Å². The van der Waals surface area contributed by atoms with Crippen molar-refractivity contribution in [2.45, 2.75) is 44.2 Å². The number of piperazine rings is 1. The van der Waals surface area contributed by atoms with Crippen LogP contribution < -0.4 is 5.73 Å². The summed E-state index contributed by atoms with van der Waals surface area (Å²) in [4.78, 5) is 5.35. The van der Waals surface area contributed by atoms with Gasteiger partial charge >= 0.3 is 0 Å². The summed E-state index contributed by atoms with van der Waals surface area (Å²) in [6, 6.07) is 1.51. The number of nitrogens with two attached hydrogens (primary N) is 1.